The van der Waals surface area contributed by atoms with Crippen LogP contribution >= 0.6 is 0 Å². The van der Waals surface area contributed by atoms with Crippen molar-refractivity contribution in [3.63, 3.8) is 0 Å². The summed E-state index contributed by atoms with van der Waals surface area (Å²) < 4.78 is 5.00. The Morgan fingerprint density at radius 3 is 2.39 bits per heavy atom. The van der Waals surface area contributed by atoms with Crippen LogP contribution in [0.1, 0.15) is 15.9 Å². The number of para-hydroxylation sites is 1. The van der Waals surface area contributed by atoms with Gasteiger partial charge in [0.25, 0.3) is 0 Å². The first-order valence-electron chi connectivity index (χ1n) is 5.37. The molecule has 0 bridgehead atoms. The van der Waals surface area contributed by atoms with Crippen molar-refractivity contribution in [3.8, 4) is 17.2 Å². The zero-order valence-electron chi connectivity index (χ0n) is 9.75. The highest BCUT2D eigenvalue weighted by molar-refractivity contribution is 5.91. The third kappa shape index (κ3) is 2.43. The molecule has 0 saturated heterocycles. The van der Waals surface area contributed by atoms with Gasteiger partial charge in [0.05, 0.1) is 5.56 Å². The number of esters is 1. The van der Waals surface area contributed by atoms with Gasteiger partial charge in [-0.1, -0.05) is 23.8 Å². The highest BCUT2D eigenvalue weighted by Crippen LogP contribution is 2.34. The van der Waals surface area contributed by atoms with Gasteiger partial charge in [-0.15, -0.1) is 0 Å². The lowest BCUT2D eigenvalue weighted by Gasteiger charge is -2.07. The molecule has 0 amide bonds. The normalized spacial score (nSPS) is 10.1. The third-order valence-electron chi connectivity index (χ3n) is 2.47. The fourth-order valence-electron chi connectivity index (χ4n) is 1.44. The number of benzene rings is 2. The summed E-state index contributed by atoms with van der Waals surface area (Å²) in [5.41, 5.74) is 1.41. The standard InChI is InChI=1S/C14H12O4/c1-9-5-7-10(8-6-9)14(17)18-12-4-2-3-11(15)13(12)16/h2-8,15-16H,1H3. The van der Waals surface area contributed by atoms with Gasteiger partial charge in [0.15, 0.2) is 11.5 Å². The van der Waals surface area contributed by atoms with E-state index in [1.54, 1.807) is 24.3 Å². The lowest BCUT2D eigenvalue weighted by molar-refractivity contribution is 0.0729. The molecule has 0 aromatic heterocycles. The van der Waals surface area contributed by atoms with Gasteiger partial charge in [-0.05, 0) is 31.2 Å². The maximum atomic E-state index is 11.8. The zero-order valence-corrected chi connectivity index (χ0v) is 9.75. The molecule has 92 valence electrons. The summed E-state index contributed by atoms with van der Waals surface area (Å²) in [5, 5.41) is 18.8. The molecule has 4 heteroatoms. The Labute approximate surface area is 104 Å². The van der Waals surface area contributed by atoms with E-state index in [0.29, 0.717) is 5.56 Å². The van der Waals surface area contributed by atoms with E-state index in [-0.39, 0.29) is 11.5 Å². The average Bonchev–Trinajstić information content (AvgIpc) is 2.36. The van der Waals surface area contributed by atoms with Gasteiger partial charge in [-0.2, -0.15) is 0 Å². The fraction of sp³-hybridized carbons (Fsp3) is 0.0714. The van der Waals surface area contributed by atoms with Gasteiger partial charge in [0.2, 0.25) is 5.75 Å². The molecule has 0 atom stereocenters. The van der Waals surface area contributed by atoms with E-state index < -0.39 is 11.7 Å². The molecule has 2 aromatic carbocycles. The predicted molar refractivity (Wildman–Crippen MR) is 65.9 cm³/mol. The molecule has 2 rings (SSSR count). The number of rotatable bonds is 2. The monoisotopic (exact) mass is 244 g/mol. The Balaban J connectivity index is 2.21. The first-order chi connectivity index (χ1) is 8.58. The lowest BCUT2D eigenvalue weighted by atomic mass is 10.1. The van der Waals surface area contributed by atoms with Crippen molar-refractivity contribution < 1.29 is 19.7 Å². The number of hydrogen-bond donors (Lipinski definition) is 2. The first kappa shape index (κ1) is 12.0. The topological polar surface area (TPSA) is 66.8 Å². The summed E-state index contributed by atoms with van der Waals surface area (Å²) in [6.45, 7) is 1.91. The number of ether oxygens (including phenoxy) is 1. The maximum Gasteiger partial charge on any atom is 0.343 e. The molecule has 0 unspecified atom stereocenters. The van der Waals surface area contributed by atoms with Crippen molar-refractivity contribution in [2.75, 3.05) is 0 Å². The maximum absolute atomic E-state index is 11.8. The smallest absolute Gasteiger partial charge is 0.343 e. The summed E-state index contributed by atoms with van der Waals surface area (Å²) in [6.07, 6.45) is 0. The van der Waals surface area contributed by atoms with Crippen molar-refractivity contribution in [2.24, 2.45) is 0 Å². The van der Waals surface area contributed by atoms with E-state index in [4.69, 9.17) is 4.74 Å². The summed E-state index contributed by atoms with van der Waals surface area (Å²) in [5.74, 6) is -1.43. The van der Waals surface area contributed by atoms with Gasteiger partial charge in [-0.3, -0.25) is 0 Å². The second-order valence-electron chi connectivity index (χ2n) is 3.88. The second kappa shape index (κ2) is 4.79. The van der Waals surface area contributed by atoms with Gasteiger partial charge >= 0.3 is 5.97 Å². The molecule has 0 aliphatic carbocycles. The van der Waals surface area contributed by atoms with Crippen LogP contribution in [0.25, 0.3) is 0 Å². The van der Waals surface area contributed by atoms with Crippen LogP contribution < -0.4 is 4.74 Å². The van der Waals surface area contributed by atoms with Crippen LogP contribution in [-0.2, 0) is 0 Å². The Bertz CT molecular complexity index is 573. The van der Waals surface area contributed by atoms with E-state index in [0.717, 1.165) is 5.56 Å². The minimum atomic E-state index is -0.587. The summed E-state index contributed by atoms with van der Waals surface area (Å²) >= 11 is 0. The van der Waals surface area contributed by atoms with E-state index in [1.165, 1.54) is 18.2 Å². The minimum Gasteiger partial charge on any atom is -0.504 e. The number of carbonyl (C=O) groups excluding carboxylic acids is 1. The van der Waals surface area contributed by atoms with Gasteiger partial charge in [0, 0.05) is 0 Å². The van der Waals surface area contributed by atoms with Crippen molar-refractivity contribution in [2.45, 2.75) is 6.92 Å². The Morgan fingerprint density at radius 1 is 1.06 bits per heavy atom. The highest BCUT2D eigenvalue weighted by Gasteiger charge is 2.13. The van der Waals surface area contributed by atoms with Crippen LogP contribution in [0, 0.1) is 6.92 Å². The molecular weight excluding hydrogens is 232 g/mol. The van der Waals surface area contributed by atoms with Crippen LogP contribution in [0.3, 0.4) is 0 Å². The molecule has 0 heterocycles. The fourth-order valence-corrected chi connectivity index (χ4v) is 1.44. The number of carbonyl (C=O) groups is 1. The first-order valence-corrected chi connectivity index (χ1v) is 5.37. The Hall–Kier alpha value is -2.49. The van der Waals surface area contributed by atoms with Crippen LogP contribution in [0.5, 0.6) is 17.2 Å². The summed E-state index contributed by atoms with van der Waals surface area (Å²) in [7, 11) is 0. The van der Waals surface area contributed by atoms with Crippen LogP contribution in [0.2, 0.25) is 0 Å². The molecule has 0 aliphatic heterocycles. The van der Waals surface area contributed by atoms with E-state index in [9.17, 15) is 15.0 Å². The number of aryl methyl sites for hydroxylation is 1. The van der Waals surface area contributed by atoms with Crippen molar-refractivity contribution in [1.29, 1.82) is 0 Å². The zero-order chi connectivity index (χ0) is 13.1. The van der Waals surface area contributed by atoms with E-state index >= 15 is 0 Å². The average molecular weight is 244 g/mol. The molecule has 2 aromatic rings. The highest BCUT2D eigenvalue weighted by atomic mass is 16.5. The van der Waals surface area contributed by atoms with Crippen molar-refractivity contribution >= 4 is 5.97 Å². The molecule has 0 radical (unpaired) electrons. The van der Waals surface area contributed by atoms with Gasteiger partial charge < -0.3 is 14.9 Å². The molecule has 18 heavy (non-hydrogen) atoms. The number of hydrogen-bond acceptors (Lipinski definition) is 4. The summed E-state index contributed by atoms with van der Waals surface area (Å²) in [4.78, 5) is 11.8. The van der Waals surface area contributed by atoms with E-state index in [2.05, 4.69) is 0 Å². The second-order valence-corrected chi connectivity index (χ2v) is 3.88. The Morgan fingerprint density at radius 2 is 1.72 bits per heavy atom. The summed E-state index contributed by atoms with van der Waals surface area (Å²) in [6, 6.07) is 11.0. The number of phenolic OH excluding ortho intramolecular Hbond substituents is 2. The Kier molecular flexibility index (Phi) is 3.19. The molecule has 0 spiro atoms. The van der Waals surface area contributed by atoms with Crippen molar-refractivity contribution in [1.82, 2.24) is 0 Å². The quantitative estimate of drug-likeness (QED) is 0.484. The molecule has 0 aliphatic rings. The van der Waals surface area contributed by atoms with Gasteiger partial charge in [0.1, 0.15) is 0 Å². The van der Waals surface area contributed by atoms with Crippen LogP contribution in [-0.4, -0.2) is 16.2 Å². The molecule has 4 nitrogen and oxygen atoms in total. The largest absolute Gasteiger partial charge is 0.504 e. The van der Waals surface area contributed by atoms with Gasteiger partial charge in [-0.25, -0.2) is 4.79 Å². The van der Waals surface area contributed by atoms with E-state index in [1.807, 2.05) is 6.92 Å². The molecule has 2 N–H and O–H groups in total. The lowest BCUT2D eigenvalue weighted by Crippen LogP contribution is -2.08. The van der Waals surface area contributed by atoms with Crippen molar-refractivity contribution in [3.05, 3.63) is 53.6 Å². The third-order valence-corrected chi connectivity index (χ3v) is 2.47. The van der Waals surface area contributed by atoms with Crippen LogP contribution in [0.4, 0.5) is 0 Å². The molecular formula is C14H12O4. The predicted octanol–water partition coefficient (Wildman–Crippen LogP) is 2.63. The molecule has 0 saturated carbocycles. The number of aromatic hydroxyl groups is 2. The minimum absolute atomic E-state index is 0.0689. The number of phenols is 2. The van der Waals surface area contributed by atoms with Crippen LogP contribution in [0.15, 0.2) is 42.5 Å². The SMILES string of the molecule is Cc1ccc(C(=O)Oc2cccc(O)c2O)cc1. The molecule has 0 fully saturated rings.